The first-order valence-corrected chi connectivity index (χ1v) is 9.30. The van der Waals surface area contributed by atoms with Crippen molar-refractivity contribution in [3.05, 3.63) is 47.8 Å². The van der Waals surface area contributed by atoms with E-state index in [1.54, 1.807) is 13.2 Å². The van der Waals surface area contributed by atoms with Crippen LogP contribution in [0.3, 0.4) is 0 Å². The van der Waals surface area contributed by atoms with Gasteiger partial charge in [0.05, 0.1) is 13.2 Å². The molecule has 2 N–H and O–H groups in total. The van der Waals surface area contributed by atoms with E-state index in [1.807, 2.05) is 12.1 Å². The van der Waals surface area contributed by atoms with Gasteiger partial charge >= 0.3 is 0 Å². The summed E-state index contributed by atoms with van der Waals surface area (Å²) in [5.41, 5.74) is 1.53. The van der Waals surface area contributed by atoms with Crippen LogP contribution in [0.15, 0.2) is 35.8 Å². The minimum atomic E-state index is -0.240. The number of methoxy groups -OCH3 is 1. The predicted molar refractivity (Wildman–Crippen MR) is 105 cm³/mol. The number of nitrogens with one attached hydrogen (secondary N) is 2. The molecule has 1 aromatic carbocycles. The lowest BCUT2D eigenvalue weighted by molar-refractivity contribution is 0.181. The smallest absolute Gasteiger partial charge is 0.191 e. The van der Waals surface area contributed by atoms with Gasteiger partial charge in [0, 0.05) is 44.9 Å². The molecular formula is C20H31FN4O. The summed E-state index contributed by atoms with van der Waals surface area (Å²) in [7, 11) is 1.57. The Kier molecular flexibility index (Phi) is 8.58. The summed E-state index contributed by atoms with van der Waals surface area (Å²) < 4.78 is 18.8. The fourth-order valence-electron chi connectivity index (χ4n) is 3.12. The van der Waals surface area contributed by atoms with E-state index in [-0.39, 0.29) is 12.4 Å². The van der Waals surface area contributed by atoms with E-state index >= 15 is 0 Å². The average Bonchev–Trinajstić information content (AvgIpc) is 2.64. The highest BCUT2D eigenvalue weighted by Gasteiger charge is 2.19. The maximum atomic E-state index is 13.7. The van der Waals surface area contributed by atoms with Crippen LogP contribution in [0.4, 0.5) is 4.39 Å². The monoisotopic (exact) mass is 362 g/mol. The predicted octanol–water partition coefficient (Wildman–Crippen LogP) is 2.68. The summed E-state index contributed by atoms with van der Waals surface area (Å²) in [6.07, 6.45) is 4.14. The molecule has 1 heterocycles. The fraction of sp³-hybridized carbons (Fsp3) is 0.550. The molecule has 1 saturated heterocycles. The molecule has 0 amide bonds. The molecule has 0 atom stereocenters. The Labute approximate surface area is 156 Å². The third kappa shape index (κ3) is 6.42. The second-order valence-electron chi connectivity index (χ2n) is 6.56. The number of piperidine rings is 1. The van der Waals surface area contributed by atoms with E-state index in [0.717, 1.165) is 50.5 Å². The van der Waals surface area contributed by atoms with Crippen molar-refractivity contribution in [2.75, 3.05) is 33.3 Å². The number of hydrogen-bond donors (Lipinski definition) is 2. The molecule has 0 bridgehead atoms. The minimum absolute atomic E-state index is 0.240. The molecule has 1 fully saturated rings. The molecule has 26 heavy (non-hydrogen) atoms. The van der Waals surface area contributed by atoms with Gasteiger partial charge in [0.15, 0.2) is 5.96 Å². The molecule has 6 heteroatoms. The van der Waals surface area contributed by atoms with Crippen molar-refractivity contribution in [3.8, 4) is 0 Å². The lowest BCUT2D eigenvalue weighted by Gasteiger charge is -2.32. The van der Waals surface area contributed by atoms with E-state index in [9.17, 15) is 4.39 Å². The van der Waals surface area contributed by atoms with Crippen molar-refractivity contribution in [2.45, 2.75) is 39.0 Å². The van der Waals surface area contributed by atoms with Crippen LogP contribution >= 0.6 is 0 Å². The number of halogens is 1. The Morgan fingerprint density at radius 1 is 1.42 bits per heavy atom. The third-order valence-electron chi connectivity index (χ3n) is 4.49. The van der Waals surface area contributed by atoms with Crippen LogP contribution in [-0.4, -0.2) is 50.2 Å². The van der Waals surface area contributed by atoms with Gasteiger partial charge in [-0.15, -0.1) is 6.58 Å². The van der Waals surface area contributed by atoms with Gasteiger partial charge in [0.1, 0.15) is 5.82 Å². The number of benzene rings is 1. The van der Waals surface area contributed by atoms with Crippen molar-refractivity contribution >= 4 is 5.96 Å². The largest absolute Gasteiger partial charge is 0.380 e. The molecule has 0 unspecified atom stereocenters. The lowest BCUT2D eigenvalue weighted by Crippen LogP contribution is -2.48. The summed E-state index contributed by atoms with van der Waals surface area (Å²) in [5.74, 6) is 0.572. The van der Waals surface area contributed by atoms with Crippen molar-refractivity contribution in [1.29, 1.82) is 0 Å². The zero-order valence-corrected chi connectivity index (χ0v) is 15.9. The van der Waals surface area contributed by atoms with E-state index < -0.39 is 0 Å². The third-order valence-corrected chi connectivity index (χ3v) is 4.49. The SMILES string of the molecule is C=CCN1CCC(NC(=NCc2ccc(F)c(COC)c2)NCC)CC1. The Balaban J connectivity index is 1.94. The van der Waals surface area contributed by atoms with Crippen LogP contribution in [0.2, 0.25) is 0 Å². The zero-order valence-electron chi connectivity index (χ0n) is 15.9. The van der Waals surface area contributed by atoms with Gasteiger partial charge in [-0.05, 0) is 37.5 Å². The molecule has 2 rings (SSSR count). The maximum absolute atomic E-state index is 13.7. The quantitative estimate of drug-likeness (QED) is 0.424. The first kappa shape index (κ1) is 20.4. The molecule has 5 nitrogen and oxygen atoms in total. The lowest BCUT2D eigenvalue weighted by atomic mass is 10.1. The van der Waals surface area contributed by atoms with Crippen LogP contribution in [0.1, 0.15) is 30.9 Å². The van der Waals surface area contributed by atoms with Crippen LogP contribution < -0.4 is 10.6 Å². The summed E-state index contributed by atoms with van der Waals surface area (Å²) in [6.45, 7) is 10.5. The van der Waals surface area contributed by atoms with Gasteiger partial charge in [-0.3, -0.25) is 4.90 Å². The van der Waals surface area contributed by atoms with Crippen molar-refractivity contribution < 1.29 is 9.13 Å². The number of ether oxygens (including phenoxy) is 1. The van der Waals surface area contributed by atoms with Crippen molar-refractivity contribution in [3.63, 3.8) is 0 Å². The zero-order chi connectivity index (χ0) is 18.8. The average molecular weight is 362 g/mol. The molecule has 1 aromatic rings. The highest BCUT2D eigenvalue weighted by Crippen LogP contribution is 2.13. The van der Waals surface area contributed by atoms with Gasteiger partial charge in [0.2, 0.25) is 0 Å². The van der Waals surface area contributed by atoms with Gasteiger partial charge in [-0.1, -0.05) is 12.1 Å². The molecule has 0 spiro atoms. The first-order valence-electron chi connectivity index (χ1n) is 9.30. The number of nitrogens with zero attached hydrogens (tertiary/aromatic N) is 2. The second kappa shape index (κ2) is 10.9. The summed E-state index contributed by atoms with van der Waals surface area (Å²) >= 11 is 0. The van der Waals surface area contributed by atoms with Crippen molar-refractivity contribution in [2.24, 2.45) is 4.99 Å². The van der Waals surface area contributed by atoms with Crippen molar-refractivity contribution in [1.82, 2.24) is 15.5 Å². The summed E-state index contributed by atoms with van der Waals surface area (Å²) in [4.78, 5) is 7.07. The van der Waals surface area contributed by atoms with E-state index in [4.69, 9.17) is 4.74 Å². The van der Waals surface area contributed by atoms with Gasteiger partial charge in [-0.25, -0.2) is 9.38 Å². The Bertz CT molecular complexity index is 597. The summed E-state index contributed by atoms with van der Waals surface area (Å²) in [5, 5.41) is 6.83. The first-order chi connectivity index (χ1) is 12.7. The molecule has 0 radical (unpaired) electrons. The molecular weight excluding hydrogens is 331 g/mol. The molecule has 1 aliphatic heterocycles. The van der Waals surface area contributed by atoms with E-state index in [0.29, 0.717) is 18.2 Å². The van der Waals surface area contributed by atoms with Gasteiger partial charge in [-0.2, -0.15) is 0 Å². The van der Waals surface area contributed by atoms with Crippen LogP contribution in [0.25, 0.3) is 0 Å². The molecule has 0 saturated carbocycles. The minimum Gasteiger partial charge on any atom is -0.380 e. The highest BCUT2D eigenvalue weighted by atomic mass is 19.1. The van der Waals surface area contributed by atoms with Crippen LogP contribution in [0, 0.1) is 5.82 Å². The molecule has 0 aromatic heterocycles. The molecule has 0 aliphatic carbocycles. The Morgan fingerprint density at radius 2 is 2.19 bits per heavy atom. The van der Waals surface area contributed by atoms with E-state index in [1.165, 1.54) is 6.07 Å². The van der Waals surface area contributed by atoms with E-state index in [2.05, 4.69) is 34.0 Å². The van der Waals surface area contributed by atoms with Gasteiger partial charge in [0.25, 0.3) is 0 Å². The number of rotatable bonds is 8. The van der Waals surface area contributed by atoms with Gasteiger partial charge < -0.3 is 15.4 Å². The van der Waals surface area contributed by atoms with Crippen LogP contribution in [0.5, 0.6) is 0 Å². The number of aliphatic imine (C=N–C) groups is 1. The number of hydrogen-bond acceptors (Lipinski definition) is 3. The second-order valence-corrected chi connectivity index (χ2v) is 6.56. The Hall–Kier alpha value is -1.92. The fourth-order valence-corrected chi connectivity index (χ4v) is 3.12. The maximum Gasteiger partial charge on any atom is 0.191 e. The number of likely N-dealkylation sites (tertiary alicyclic amines) is 1. The number of guanidine groups is 1. The summed E-state index contributed by atoms with van der Waals surface area (Å²) in [6, 6.07) is 5.50. The van der Waals surface area contributed by atoms with Crippen LogP contribution in [-0.2, 0) is 17.9 Å². The topological polar surface area (TPSA) is 48.9 Å². The highest BCUT2D eigenvalue weighted by molar-refractivity contribution is 5.80. The normalized spacial score (nSPS) is 16.5. The molecule has 1 aliphatic rings. The molecule has 144 valence electrons. The standard InChI is InChI=1S/C20H31FN4O/c1-4-10-25-11-8-18(9-12-25)24-20(22-5-2)23-14-16-6-7-19(21)17(13-16)15-26-3/h4,6-7,13,18H,1,5,8-12,14-15H2,2-3H3,(H2,22,23,24). The Morgan fingerprint density at radius 3 is 2.85 bits per heavy atom.